The number of fused-ring (bicyclic) bond motifs is 1. The van der Waals surface area contributed by atoms with Crippen LogP contribution in [0.5, 0.6) is 0 Å². The molecule has 0 saturated carbocycles. The van der Waals surface area contributed by atoms with Gasteiger partial charge in [0.25, 0.3) is 5.91 Å². The number of furan rings is 1. The van der Waals surface area contributed by atoms with Crippen LogP contribution in [0.25, 0.3) is 0 Å². The molecule has 0 saturated heterocycles. The number of amides is 1. The number of carbonyl (C=O) groups excluding carboxylic acids is 2. The largest absolute Gasteiger partial charge is 0.461 e. The highest BCUT2D eigenvalue weighted by Crippen LogP contribution is 2.40. The van der Waals surface area contributed by atoms with Gasteiger partial charge in [0.05, 0.1) is 18.0 Å². The van der Waals surface area contributed by atoms with Gasteiger partial charge in [0.15, 0.2) is 5.76 Å². The van der Waals surface area contributed by atoms with Gasteiger partial charge in [0.1, 0.15) is 10.7 Å². The van der Waals surface area contributed by atoms with Crippen LogP contribution in [0.15, 0.2) is 41.4 Å². The van der Waals surface area contributed by atoms with Crippen LogP contribution in [-0.2, 0) is 12.8 Å². The minimum Gasteiger partial charge on any atom is -0.461 e. The molecule has 132 valence electrons. The molecule has 0 fully saturated rings. The molecule has 0 spiro atoms. The Labute approximate surface area is 154 Å². The minimum atomic E-state index is -0.377. The van der Waals surface area contributed by atoms with Crippen molar-refractivity contribution in [3.05, 3.63) is 64.4 Å². The third-order valence-electron chi connectivity index (χ3n) is 4.51. The van der Waals surface area contributed by atoms with Crippen molar-refractivity contribution in [2.75, 3.05) is 5.32 Å². The van der Waals surface area contributed by atoms with Crippen molar-refractivity contribution in [2.24, 2.45) is 5.92 Å². The fraction of sp³-hybridized carbons (Fsp3) is 0.263. The third kappa shape index (κ3) is 3.06. The summed E-state index contributed by atoms with van der Waals surface area (Å²) < 4.78 is 5.30. The minimum absolute atomic E-state index is 0.198. The molecule has 1 atom stereocenters. The number of rotatable bonds is 4. The molecule has 26 heavy (non-hydrogen) atoms. The van der Waals surface area contributed by atoms with Crippen LogP contribution in [0.3, 0.4) is 0 Å². The number of thiophene rings is 1. The first-order chi connectivity index (χ1) is 12.6. The summed E-state index contributed by atoms with van der Waals surface area (Å²) in [6.45, 7) is 2.20. The van der Waals surface area contributed by atoms with Crippen molar-refractivity contribution >= 4 is 28.0 Å². The summed E-state index contributed by atoms with van der Waals surface area (Å²) in [5.74, 6) is 0.269. The predicted octanol–water partition coefficient (Wildman–Crippen LogP) is 3.74. The smallest absolute Gasteiger partial charge is 0.276 e. The molecule has 6 nitrogen and oxygen atoms in total. The summed E-state index contributed by atoms with van der Waals surface area (Å²) >= 11 is 1.47. The normalized spacial score (nSPS) is 16.1. The summed E-state index contributed by atoms with van der Waals surface area (Å²) in [4.78, 5) is 34.6. The molecule has 1 N–H and O–H groups in total. The van der Waals surface area contributed by atoms with E-state index in [1.807, 2.05) is 0 Å². The topological polar surface area (TPSA) is 85.1 Å². The Morgan fingerprint density at radius 2 is 2.23 bits per heavy atom. The zero-order chi connectivity index (χ0) is 18.1. The van der Waals surface area contributed by atoms with Crippen molar-refractivity contribution in [1.29, 1.82) is 0 Å². The van der Waals surface area contributed by atoms with Gasteiger partial charge in [-0.05, 0) is 42.9 Å². The van der Waals surface area contributed by atoms with Crippen LogP contribution in [-0.4, -0.2) is 21.7 Å². The Bertz CT molecular complexity index is 948. The van der Waals surface area contributed by atoms with Crippen LogP contribution in [0.2, 0.25) is 0 Å². The molecule has 0 unspecified atom stereocenters. The van der Waals surface area contributed by atoms with E-state index in [9.17, 15) is 9.59 Å². The van der Waals surface area contributed by atoms with Gasteiger partial charge in [-0.25, -0.2) is 4.98 Å². The summed E-state index contributed by atoms with van der Waals surface area (Å²) in [6, 6.07) is 3.33. The first-order valence-corrected chi connectivity index (χ1v) is 9.25. The molecule has 0 aromatic carbocycles. The monoisotopic (exact) mass is 367 g/mol. The van der Waals surface area contributed by atoms with Gasteiger partial charge in [0.2, 0.25) is 5.78 Å². The predicted molar refractivity (Wildman–Crippen MR) is 97.6 cm³/mol. The average molecular weight is 367 g/mol. The standard InChI is InChI=1S/C19H17N3O3S/c1-11-4-5-12-15(9-11)26-19(16(12)17(23)14-3-2-8-25-14)22-18(24)13-10-20-6-7-21-13/h2-3,6-8,10-11H,4-5,9H2,1H3,(H,22,24)/t11-/m1/s1. The molecule has 0 radical (unpaired) electrons. The molecular weight excluding hydrogens is 350 g/mol. The molecule has 7 heteroatoms. The molecule has 0 bridgehead atoms. The van der Waals surface area contributed by atoms with Crippen molar-refractivity contribution < 1.29 is 14.0 Å². The molecule has 1 amide bonds. The molecule has 1 aliphatic rings. The fourth-order valence-corrected chi connectivity index (χ4v) is 4.60. The second-order valence-electron chi connectivity index (χ2n) is 6.41. The lowest BCUT2D eigenvalue weighted by Gasteiger charge is -2.18. The van der Waals surface area contributed by atoms with E-state index in [1.54, 1.807) is 12.1 Å². The highest BCUT2D eigenvalue weighted by molar-refractivity contribution is 7.17. The van der Waals surface area contributed by atoms with Gasteiger partial charge in [0, 0.05) is 17.3 Å². The first-order valence-electron chi connectivity index (χ1n) is 8.43. The van der Waals surface area contributed by atoms with E-state index >= 15 is 0 Å². The molecule has 0 aliphatic heterocycles. The van der Waals surface area contributed by atoms with Gasteiger partial charge in [-0.3, -0.25) is 14.6 Å². The van der Waals surface area contributed by atoms with E-state index < -0.39 is 0 Å². The zero-order valence-corrected chi connectivity index (χ0v) is 15.0. The lowest BCUT2D eigenvalue weighted by atomic mass is 9.87. The molecule has 1 aliphatic carbocycles. The van der Waals surface area contributed by atoms with E-state index in [0.29, 0.717) is 16.5 Å². The Morgan fingerprint density at radius 3 is 2.96 bits per heavy atom. The number of carbonyl (C=O) groups is 2. The van der Waals surface area contributed by atoms with E-state index in [0.717, 1.165) is 29.7 Å². The number of hydrogen-bond donors (Lipinski definition) is 1. The van der Waals surface area contributed by atoms with E-state index in [-0.39, 0.29) is 23.1 Å². The van der Waals surface area contributed by atoms with E-state index in [4.69, 9.17) is 4.42 Å². The van der Waals surface area contributed by atoms with Gasteiger partial charge >= 0.3 is 0 Å². The van der Waals surface area contributed by atoms with Crippen LogP contribution < -0.4 is 5.32 Å². The third-order valence-corrected chi connectivity index (χ3v) is 5.68. The zero-order valence-electron chi connectivity index (χ0n) is 14.2. The Hall–Kier alpha value is -2.80. The molecule has 3 heterocycles. The van der Waals surface area contributed by atoms with Crippen LogP contribution >= 0.6 is 11.3 Å². The Morgan fingerprint density at radius 1 is 1.35 bits per heavy atom. The summed E-state index contributed by atoms with van der Waals surface area (Å²) in [6.07, 6.45) is 8.62. The quantitative estimate of drug-likeness (QED) is 0.710. The molecular formula is C19H17N3O3S. The first kappa shape index (κ1) is 16.7. The lowest BCUT2D eigenvalue weighted by Crippen LogP contribution is -2.16. The number of nitrogens with zero attached hydrogens (tertiary/aromatic N) is 2. The van der Waals surface area contributed by atoms with Crippen molar-refractivity contribution in [2.45, 2.75) is 26.2 Å². The molecule has 3 aromatic heterocycles. The number of anilines is 1. The summed E-state index contributed by atoms with van der Waals surface area (Å²) in [7, 11) is 0. The maximum atomic E-state index is 13.0. The van der Waals surface area contributed by atoms with E-state index in [1.165, 1.54) is 36.2 Å². The number of nitrogens with one attached hydrogen (secondary N) is 1. The van der Waals surface area contributed by atoms with Crippen molar-refractivity contribution in [1.82, 2.24) is 9.97 Å². The van der Waals surface area contributed by atoms with Gasteiger partial charge in [-0.1, -0.05) is 6.92 Å². The molecule has 3 aromatic rings. The second kappa shape index (κ2) is 6.84. The summed E-state index contributed by atoms with van der Waals surface area (Å²) in [5, 5.41) is 3.41. The van der Waals surface area contributed by atoms with Crippen LogP contribution in [0, 0.1) is 5.92 Å². The number of aromatic nitrogens is 2. The Balaban J connectivity index is 1.74. The maximum absolute atomic E-state index is 13.0. The van der Waals surface area contributed by atoms with Crippen LogP contribution in [0.1, 0.15) is 50.4 Å². The van der Waals surface area contributed by atoms with E-state index in [2.05, 4.69) is 22.2 Å². The highest BCUT2D eigenvalue weighted by atomic mass is 32.1. The van der Waals surface area contributed by atoms with Gasteiger partial charge < -0.3 is 9.73 Å². The number of hydrogen-bond acceptors (Lipinski definition) is 6. The Kier molecular flexibility index (Phi) is 4.38. The average Bonchev–Trinajstić information content (AvgIpc) is 3.29. The summed E-state index contributed by atoms with van der Waals surface area (Å²) in [5.41, 5.74) is 1.79. The fourth-order valence-electron chi connectivity index (χ4n) is 3.19. The van der Waals surface area contributed by atoms with Crippen molar-refractivity contribution in [3.8, 4) is 0 Å². The van der Waals surface area contributed by atoms with Crippen LogP contribution in [0.4, 0.5) is 5.00 Å². The van der Waals surface area contributed by atoms with Crippen molar-refractivity contribution in [3.63, 3.8) is 0 Å². The second-order valence-corrected chi connectivity index (χ2v) is 7.51. The highest BCUT2D eigenvalue weighted by Gasteiger charge is 2.30. The lowest BCUT2D eigenvalue weighted by molar-refractivity contribution is 0.101. The maximum Gasteiger partial charge on any atom is 0.276 e. The van der Waals surface area contributed by atoms with Gasteiger partial charge in [-0.15, -0.1) is 11.3 Å². The SMILES string of the molecule is C[C@@H]1CCc2c(sc(NC(=O)c3cnccn3)c2C(=O)c2ccco2)C1. The molecule has 4 rings (SSSR count). The van der Waals surface area contributed by atoms with Gasteiger partial charge in [-0.2, -0.15) is 0 Å². The number of ketones is 1.